The first kappa shape index (κ1) is 27.7. The minimum absolute atomic E-state index is 0.754. The highest BCUT2D eigenvalue weighted by Gasteiger charge is 2.57. The van der Waals surface area contributed by atoms with E-state index in [4.69, 9.17) is 14.6 Å². The highest BCUT2D eigenvalue weighted by molar-refractivity contribution is 5.05. The minimum Gasteiger partial charge on any atom is -0.394 e. The molecule has 2 aliphatic heterocycles. The van der Waals surface area contributed by atoms with E-state index in [-0.39, 0.29) is 0 Å². The van der Waals surface area contributed by atoms with E-state index in [0.717, 1.165) is 0 Å². The molecule has 0 aliphatic carbocycles. The van der Waals surface area contributed by atoms with Crippen molar-refractivity contribution in [3.63, 3.8) is 0 Å². The predicted octanol–water partition coefficient (Wildman–Crippen LogP) is -7.39. The molecule has 190 valence electrons. The average Bonchev–Trinajstić information content (AvgIpc) is 2.80. The Morgan fingerprint density at radius 2 is 1.16 bits per heavy atom. The number of ether oxygens (including phenoxy) is 2. The monoisotopic (exact) mass is 474 g/mol. The largest absolute Gasteiger partial charge is 0.394 e. The first-order valence-corrected chi connectivity index (χ1v) is 10.2. The number of rotatable bonds is 9. The summed E-state index contributed by atoms with van der Waals surface area (Å²) < 4.78 is 11.0. The lowest BCUT2D eigenvalue weighted by molar-refractivity contribution is -0.300. The van der Waals surface area contributed by atoms with Crippen LogP contribution in [0.4, 0.5) is 0 Å². The van der Waals surface area contributed by atoms with Crippen LogP contribution < -0.4 is 0 Å². The normalized spacial score (nSPS) is 44.6. The summed E-state index contributed by atoms with van der Waals surface area (Å²) in [7, 11) is 0. The molecule has 14 nitrogen and oxygen atoms in total. The Balaban J connectivity index is 2.35. The molecule has 32 heavy (non-hydrogen) atoms. The third-order valence-corrected chi connectivity index (χ3v) is 6.32. The first-order valence-electron chi connectivity index (χ1n) is 10.2. The molecule has 2 heterocycles. The first-order chi connectivity index (χ1) is 15.0. The number of aliphatic hydroxyl groups is 12. The molecular formula is C18H34O14. The van der Waals surface area contributed by atoms with Gasteiger partial charge in [0.1, 0.15) is 36.6 Å². The standard InChI is InChI=1S/C18H34O14/c19-1-5(23)9(11(25)6(24)2-20)17-15(29)13(27)10(7(3-21)31-17)18-16(30)14(28)12(26)8(4-22)32-18/h5-30H,1-4H2/t5-,6+,7-,8-,9?,10-,11-,12-,13+,14+,15-,16-,17-,18?/m1/s1. The second kappa shape index (κ2) is 11.7. The Bertz CT molecular complexity index is 564. The molecule has 0 aromatic heterocycles. The van der Waals surface area contributed by atoms with Crippen LogP contribution in [0.15, 0.2) is 0 Å². The van der Waals surface area contributed by atoms with Crippen molar-refractivity contribution in [3.8, 4) is 0 Å². The molecule has 14 atom stereocenters. The van der Waals surface area contributed by atoms with Gasteiger partial charge in [0.25, 0.3) is 0 Å². The van der Waals surface area contributed by atoms with E-state index < -0.39 is 112 Å². The topological polar surface area (TPSA) is 261 Å². The second-order valence-electron chi connectivity index (χ2n) is 8.24. The summed E-state index contributed by atoms with van der Waals surface area (Å²) in [5, 5.41) is 120. The summed E-state index contributed by atoms with van der Waals surface area (Å²) in [6.07, 6.45) is -20.5. The zero-order valence-electron chi connectivity index (χ0n) is 17.1. The Hall–Kier alpha value is -0.560. The molecule has 2 unspecified atom stereocenters. The summed E-state index contributed by atoms with van der Waals surface area (Å²) in [6.45, 7) is -3.46. The molecule has 2 rings (SSSR count). The molecule has 0 saturated carbocycles. The van der Waals surface area contributed by atoms with Gasteiger partial charge in [-0.15, -0.1) is 0 Å². The molecule has 0 amide bonds. The number of hydrogen-bond acceptors (Lipinski definition) is 14. The molecule has 0 radical (unpaired) electrons. The second-order valence-corrected chi connectivity index (χ2v) is 8.24. The van der Waals surface area contributed by atoms with Crippen LogP contribution >= 0.6 is 0 Å². The van der Waals surface area contributed by atoms with Crippen molar-refractivity contribution in [1.82, 2.24) is 0 Å². The molecule has 0 aromatic carbocycles. The van der Waals surface area contributed by atoms with Crippen LogP contribution in [0.25, 0.3) is 0 Å². The van der Waals surface area contributed by atoms with Crippen molar-refractivity contribution in [2.75, 3.05) is 26.4 Å². The van der Waals surface area contributed by atoms with Crippen LogP contribution in [-0.2, 0) is 9.47 Å². The lowest BCUT2D eigenvalue weighted by atomic mass is 9.74. The van der Waals surface area contributed by atoms with E-state index in [9.17, 15) is 56.2 Å². The van der Waals surface area contributed by atoms with Crippen molar-refractivity contribution < 1.29 is 70.8 Å². The highest BCUT2D eigenvalue weighted by atomic mass is 16.6. The SMILES string of the molecule is OC[C@@H](O)C([C@H]1O[C@H](CO)[C@@H](C2O[C@H](CO)[C@@H](O)[C@H](O)[C@H]2O)[C@H](O)[C@H]1O)[C@H](O)[C@@H](O)CO. The summed E-state index contributed by atoms with van der Waals surface area (Å²) >= 11 is 0. The highest BCUT2D eigenvalue weighted by Crippen LogP contribution is 2.38. The Morgan fingerprint density at radius 1 is 0.594 bits per heavy atom. The number of aliphatic hydroxyl groups excluding tert-OH is 12. The van der Waals surface area contributed by atoms with Gasteiger partial charge in [-0.05, 0) is 0 Å². The molecule has 2 fully saturated rings. The summed E-state index contributed by atoms with van der Waals surface area (Å²) in [6, 6.07) is 0. The van der Waals surface area contributed by atoms with Crippen LogP contribution in [0.5, 0.6) is 0 Å². The van der Waals surface area contributed by atoms with Crippen molar-refractivity contribution in [2.24, 2.45) is 11.8 Å². The molecular weight excluding hydrogens is 440 g/mol. The van der Waals surface area contributed by atoms with Gasteiger partial charge in [-0.25, -0.2) is 0 Å². The smallest absolute Gasteiger partial charge is 0.111 e. The molecule has 0 aromatic rings. The van der Waals surface area contributed by atoms with E-state index in [1.807, 2.05) is 0 Å². The van der Waals surface area contributed by atoms with Crippen LogP contribution in [-0.4, -0.2) is 161 Å². The minimum atomic E-state index is -1.93. The maximum Gasteiger partial charge on any atom is 0.111 e. The Morgan fingerprint density at radius 3 is 1.66 bits per heavy atom. The maximum atomic E-state index is 10.8. The van der Waals surface area contributed by atoms with Crippen molar-refractivity contribution in [2.45, 2.75) is 73.2 Å². The van der Waals surface area contributed by atoms with Crippen molar-refractivity contribution in [1.29, 1.82) is 0 Å². The quantitative estimate of drug-likeness (QED) is 0.148. The van der Waals surface area contributed by atoms with Gasteiger partial charge in [0.15, 0.2) is 0 Å². The fourth-order valence-electron chi connectivity index (χ4n) is 4.48. The third-order valence-electron chi connectivity index (χ3n) is 6.32. The average molecular weight is 474 g/mol. The van der Waals surface area contributed by atoms with Gasteiger partial charge >= 0.3 is 0 Å². The van der Waals surface area contributed by atoms with Gasteiger partial charge in [0, 0.05) is 11.8 Å². The van der Waals surface area contributed by atoms with Crippen molar-refractivity contribution >= 4 is 0 Å². The molecule has 0 bridgehead atoms. The van der Waals surface area contributed by atoms with Crippen LogP contribution in [0, 0.1) is 11.8 Å². The van der Waals surface area contributed by atoms with E-state index in [0.29, 0.717) is 0 Å². The maximum absolute atomic E-state index is 10.8. The van der Waals surface area contributed by atoms with Gasteiger partial charge in [-0.1, -0.05) is 0 Å². The lowest BCUT2D eigenvalue weighted by Crippen LogP contribution is -2.69. The molecule has 12 N–H and O–H groups in total. The Kier molecular flexibility index (Phi) is 10.1. The summed E-state index contributed by atoms with van der Waals surface area (Å²) in [4.78, 5) is 0. The number of hydrogen-bond donors (Lipinski definition) is 12. The third kappa shape index (κ3) is 5.24. The molecule has 2 saturated heterocycles. The van der Waals surface area contributed by atoms with Gasteiger partial charge < -0.3 is 70.8 Å². The van der Waals surface area contributed by atoms with E-state index >= 15 is 0 Å². The molecule has 14 heteroatoms. The van der Waals surface area contributed by atoms with Crippen LogP contribution in [0.2, 0.25) is 0 Å². The lowest BCUT2D eigenvalue weighted by Gasteiger charge is -2.52. The van der Waals surface area contributed by atoms with E-state index in [2.05, 4.69) is 0 Å². The van der Waals surface area contributed by atoms with Gasteiger partial charge in [-0.2, -0.15) is 0 Å². The zero-order chi connectivity index (χ0) is 24.3. The molecule has 2 aliphatic rings. The summed E-state index contributed by atoms with van der Waals surface area (Å²) in [5.41, 5.74) is 0. The fourth-order valence-corrected chi connectivity index (χ4v) is 4.48. The van der Waals surface area contributed by atoms with Crippen molar-refractivity contribution in [3.05, 3.63) is 0 Å². The molecule has 0 spiro atoms. The predicted molar refractivity (Wildman–Crippen MR) is 101 cm³/mol. The summed E-state index contributed by atoms with van der Waals surface area (Å²) in [5.74, 6) is -3.04. The van der Waals surface area contributed by atoms with Crippen LogP contribution in [0.1, 0.15) is 0 Å². The van der Waals surface area contributed by atoms with Gasteiger partial charge in [0.2, 0.25) is 0 Å². The fraction of sp³-hybridized carbons (Fsp3) is 1.00. The van der Waals surface area contributed by atoms with Gasteiger partial charge in [-0.3, -0.25) is 0 Å². The van der Waals surface area contributed by atoms with E-state index in [1.165, 1.54) is 0 Å². The van der Waals surface area contributed by atoms with Gasteiger partial charge in [0.05, 0.1) is 63.1 Å². The van der Waals surface area contributed by atoms with Crippen LogP contribution in [0.3, 0.4) is 0 Å². The van der Waals surface area contributed by atoms with E-state index in [1.54, 1.807) is 0 Å². The Labute approximate surface area is 183 Å². The zero-order valence-corrected chi connectivity index (χ0v) is 17.1.